The third-order valence-electron chi connectivity index (χ3n) is 3.37. The number of hydrogen-bond donors (Lipinski definition) is 0. The number of aryl methyl sites for hydroxylation is 4. The number of hydrogen-bond acceptors (Lipinski definition) is 2. The third-order valence-corrected chi connectivity index (χ3v) is 4.50. The normalized spacial score (nSPS) is 14.1. The number of rotatable bonds is 1. The van der Waals surface area contributed by atoms with Crippen LogP contribution in [0.1, 0.15) is 28.1 Å². The van der Waals surface area contributed by atoms with Gasteiger partial charge >= 0.3 is 0 Å². The molecule has 0 atom stereocenters. The molecule has 0 amide bonds. The molecule has 1 heterocycles. The fourth-order valence-corrected chi connectivity index (χ4v) is 3.21. The van der Waals surface area contributed by atoms with Gasteiger partial charge in [0.05, 0.1) is 5.69 Å². The van der Waals surface area contributed by atoms with E-state index in [-0.39, 0.29) is 0 Å². The summed E-state index contributed by atoms with van der Waals surface area (Å²) in [7, 11) is 0. The van der Waals surface area contributed by atoms with Crippen LogP contribution >= 0.6 is 11.3 Å². The summed E-state index contributed by atoms with van der Waals surface area (Å²) < 4.78 is 0. The van der Waals surface area contributed by atoms with Crippen LogP contribution in [0.25, 0.3) is 10.6 Å². The Hall–Kier alpha value is -1.15. The van der Waals surface area contributed by atoms with E-state index in [1.165, 1.54) is 51.5 Å². The second-order valence-corrected chi connectivity index (χ2v) is 5.70. The van der Waals surface area contributed by atoms with E-state index < -0.39 is 0 Å². The molecule has 0 radical (unpaired) electrons. The van der Waals surface area contributed by atoms with Crippen molar-refractivity contribution < 1.29 is 0 Å². The molecule has 1 aliphatic carbocycles. The molecule has 0 bridgehead atoms. The van der Waals surface area contributed by atoms with Crippen molar-refractivity contribution in [2.45, 2.75) is 33.1 Å². The van der Waals surface area contributed by atoms with Crippen molar-refractivity contribution in [1.82, 2.24) is 4.98 Å². The van der Waals surface area contributed by atoms with Gasteiger partial charge in [-0.3, -0.25) is 0 Å². The fraction of sp³-hybridized carbons (Fsp3) is 0.357. The average Bonchev–Trinajstić information content (AvgIpc) is 2.85. The lowest BCUT2D eigenvalue weighted by atomic mass is 10.1. The lowest BCUT2D eigenvalue weighted by Gasteiger charge is -2.01. The lowest BCUT2D eigenvalue weighted by molar-refractivity contribution is 0.912. The molecule has 0 N–H and O–H groups in total. The largest absolute Gasteiger partial charge is 0.241 e. The summed E-state index contributed by atoms with van der Waals surface area (Å²) in [6, 6.07) is 6.84. The molecular formula is C14H15NS. The molecule has 1 aromatic carbocycles. The number of nitrogens with zero attached hydrogens (tertiary/aromatic N) is 1. The Morgan fingerprint density at radius 2 is 1.94 bits per heavy atom. The van der Waals surface area contributed by atoms with Crippen LogP contribution in [0.3, 0.4) is 0 Å². The predicted molar refractivity (Wildman–Crippen MR) is 69.0 cm³/mol. The van der Waals surface area contributed by atoms with Crippen LogP contribution in [0.2, 0.25) is 0 Å². The standard InChI is InChI=1S/C14H15NS/c1-9-10(2)16-14(15-9)13-7-6-11-4-3-5-12(11)8-13/h6-8H,3-5H2,1-2H3. The van der Waals surface area contributed by atoms with E-state index >= 15 is 0 Å². The molecule has 1 aromatic heterocycles. The van der Waals surface area contributed by atoms with Crippen LogP contribution in [-0.2, 0) is 12.8 Å². The van der Waals surface area contributed by atoms with E-state index in [0.29, 0.717) is 0 Å². The minimum atomic E-state index is 1.17. The zero-order valence-corrected chi connectivity index (χ0v) is 10.5. The Balaban J connectivity index is 2.07. The van der Waals surface area contributed by atoms with Gasteiger partial charge < -0.3 is 0 Å². The number of thiazole rings is 1. The molecule has 3 rings (SSSR count). The Morgan fingerprint density at radius 1 is 1.12 bits per heavy atom. The smallest absolute Gasteiger partial charge is 0.123 e. The van der Waals surface area contributed by atoms with Gasteiger partial charge in [0.2, 0.25) is 0 Å². The van der Waals surface area contributed by atoms with Crippen molar-refractivity contribution in [2.75, 3.05) is 0 Å². The van der Waals surface area contributed by atoms with Gasteiger partial charge in [0.25, 0.3) is 0 Å². The highest BCUT2D eigenvalue weighted by Crippen LogP contribution is 2.31. The summed E-state index contributed by atoms with van der Waals surface area (Å²) in [6.45, 7) is 4.23. The second-order valence-electron chi connectivity index (χ2n) is 4.50. The maximum Gasteiger partial charge on any atom is 0.123 e. The van der Waals surface area contributed by atoms with Crippen molar-refractivity contribution in [3.63, 3.8) is 0 Å². The Bertz CT molecular complexity index is 520. The predicted octanol–water partition coefficient (Wildman–Crippen LogP) is 3.92. The first-order valence-electron chi connectivity index (χ1n) is 5.80. The molecule has 82 valence electrons. The van der Waals surface area contributed by atoms with Crippen molar-refractivity contribution in [2.24, 2.45) is 0 Å². The van der Waals surface area contributed by atoms with E-state index in [2.05, 4.69) is 37.0 Å². The Morgan fingerprint density at radius 3 is 2.69 bits per heavy atom. The number of fused-ring (bicyclic) bond motifs is 1. The molecule has 0 unspecified atom stereocenters. The van der Waals surface area contributed by atoms with E-state index in [1.54, 1.807) is 11.3 Å². The third kappa shape index (κ3) is 1.57. The first kappa shape index (κ1) is 10.0. The molecule has 0 saturated carbocycles. The molecule has 0 saturated heterocycles. The summed E-state index contributed by atoms with van der Waals surface area (Å²) >= 11 is 1.80. The van der Waals surface area contributed by atoms with Crippen LogP contribution in [0.15, 0.2) is 18.2 Å². The molecular weight excluding hydrogens is 214 g/mol. The van der Waals surface area contributed by atoms with Gasteiger partial charge in [0, 0.05) is 10.4 Å². The zero-order chi connectivity index (χ0) is 11.1. The minimum absolute atomic E-state index is 1.17. The minimum Gasteiger partial charge on any atom is -0.241 e. The number of aromatic nitrogens is 1. The van der Waals surface area contributed by atoms with Crippen molar-refractivity contribution in [1.29, 1.82) is 0 Å². The summed E-state index contributed by atoms with van der Waals surface area (Å²) in [6.07, 6.45) is 3.81. The lowest BCUT2D eigenvalue weighted by Crippen LogP contribution is -1.84. The van der Waals surface area contributed by atoms with Gasteiger partial charge in [-0.15, -0.1) is 11.3 Å². The molecule has 1 nitrogen and oxygen atoms in total. The van der Waals surface area contributed by atoms with E-state index in [9.17, 15) is 0 Å². The van der Waals surface area contributed by atoms with Crippen molar-refractivity contribution in [3.05, 3.63) is 39.9 Å². The van der Waals surface area contributed by atoms with Crippen LogP contribution in [0.5, 0.6) is 0 Å². The number of benzene rings is 1. The van der Waals surface area contributed by atoms with E-state index in [0.717, 1.165) is 0 Å². The topological polar surface area (TPSA) is 12.9 Å². The van der Waals surface area contributed by atoms with Gasteiger partial charge in [-0.25, -0.2) is 4.98 Å². The quantitative estimate of drug-likeness (QED) is 0.722. The van der Waals surface area contributed by atoms with Crippen LogP contribution in [-0.4, -0.2) is 4.98 Å². The second kappa shape index (κ2) is 3.70. The summed E-state index contributed by atoms with van der Waals surface area (Å²) in [4.78, 5) is 5.95. The summed E-state index contributed by atoms with van der Waals surface area (Å²) in [5.74, 6) is 0. The van der Waals surface area contributed by atoms with Crippen LogP contribution < -0.4 is 0 Å². The monoisotopic (exact) mass is 229 g/mol. The first-order valence-corrected chi connectivity index (χ1v) is 6.62. The summed E-state index contributed by atoms with van der Waals surface area (Å²) in [5, 5.41) is 1.17. The highest BCUT2D eigenvalue weighted by Gasteiger charge is 2.13. The maximum absolute atomic E-state index is 4.62. The first-order chi connectivity index (χ1) is 7.74. The molecule has 2 aromatic rings. The molecule has 2 heteroatoms. The van der Waals surface area contributed by atoms with Crippen molar-refractivity contribution in [3.8, 4) is 10.6 Å². The zero-order valence-electron chi connectivity index (χ0n) is 9.71. The van der Waals surface area contributed by atoms with E-state index in [4.69, 9.17) is 0 Å². The van der Waals surface area contributed by atoms with Gasteiger partial charge in [0.1, 0.15) is 5.01 Å². The highest BCUT2D eigenvalue weighted by atomic mass is 32.1. The molecule has 1 aliphatic rings. The van der Waals surface area contributed by atoms with Gasteiger partial charge in [-0.05, 0) is 50.3 Å². The molecule has 0 fully saturated rings. The fourth-order valence-electron chi connectivity index (χ4n) is 2.30. The van der Waals surface area contributed by atoms with E-state index in [1.807, 2.05) is 0 Å². The molecule has 0 spiro atoms. The van der Waals surface area contributed by atoms with Crippen LogP contribution in [0, 0.1) is 13.8 Å². The van der Waals surface area contributed by atoms with Crippen molar-refractivity contribution >= 4 is 11.3 Å². The summed E-state index contributed by atoms with van der Waals surface area (Å²) in [5.41, 5.74) is 5.53. The Labute approximate surface area is 100 Å². The molecule has 0 aliphatic heterocycles. The molecule has 16 heavy (non-hydrogen) atoms. The van der Waals surface area contributed by atoms with Gasteiger partial charge in [0.15, 0.2) is 0 Å². The van der Waals surface area contributed by atoms with Crippen LogP contribution in [0.4, 0.5) is 0 Å². The average molecular weight is 229 g/mol. The SMILES string of the molecule is Cc1nc(-c2ccc3c(c2)CCC3)sc1C. The maximum atomic E-state index is 4.62. The Kier molecular flexibility index (Phi) is 2.32. The van der Waals surface area contributed by atoms with Gasteiger partial charge in [-0.2, -0.15) is 0 Å². The highest BCUT2D eigenvalue weighted by molar-refractivity contribution is 7.15. The van der Waals surface area contributed by atoms with Gasteiger partial charge in [-0.1, -0.05) is 12.1 Å².